The number of benzene rings is 2. The van der Waals surface area contributed by atoms with Gasteiger partial charge < -0.3 is 5.11 Å². The quantitative estimate of drug-likeness (QED) is 0.543. The highest BCUT2D eigenvalue weighted by Crippen LogP contribution is 2.22. The summed E-state index contributed by atoms with van der Waals surface area (Å²) in [6.45, 7) is 3.40. The molecule has 9 heteroatoms. The van der Waals surface area contributed by atoms with Crippen molar-refractivity contribution < 1.29 is 13.5 Å². The Kier molecular flexibility index (Phi) is 5.71. The number of aromatic amines is 1. The third kappa shape index (κ3) is 4.39. The van der Waals surface area contributed by atoms with Crippen molar-refractivity contribution >= 4 is 27.6 Å². The van der Waals surface area contributed by atoms with Crippen molar-refractivity contribution in [1.82, 2.24) is 4.98 Å². The summed E-state index contributed by atoms with van der Waals surface area (Å²) in [5, 5.41) is 19.0. The maximum atomic E-state index is 12.5. The number of nitrogens with one attached hydrogen (secondary N) is 2. The van der Waals surface area contributed by atoms with Gasteiger partial charge in [-0.3, -0.25) is 19.5 Å². The highest BCUT2D eigenvalue weighted by Gasteiger charge is 2.15. The highest BCUT2D eigenvalue weighted by atomic mass is 32.2. The van der Waals surface area contributed by atoms with Gasteiger partial charge >= 0.3 is 0 Å². The van der Waals surface area contributed by atoms with Crippen LogP contribution in [-0.4, -0.2) is 24.7 Å². The van der Waals surface area contributed by atoms with E-state index in [2.05, 4.69) is 14.7 Å². The normalized spacial score (nSPS) is 11.4. The highest BCUT2D eigenvalue weighted by molar-refractivity contribution is 7.92. The summed E-state index contributed by atoms with van der Waals surface area (Å²) in [7, 11) is -3.76. The molecule has 0 saturated carbocycles. The maximum Gasteiger partial charge on any atom is 0.268 e. The smallest absolute Gasteiger partial charge is 0.268 e. The fourth-order valence-corrected chi connectivity index (χ4v) is 3.84. The fourth-order valence-electron chi connectivity index (χ4n) is 2.79. The molecule has 3 aromatic rings. The monoisotopic (exact) mass is 422 g/mol. The largest absolute Gasteiger partial charge is 0.494 e. The first-order chi connectivity index (χ1) is 14.2. The minimum absolute atomic E-state index is 0.0674. The summed E-state index contributed by atoms with van der Waals surface area (Å²) < 4.78 is 27.6. The van der Waals surface area contributed by atoms with E-state index in [-0.39, 0.29) is 16.0 Å². The molecule has 1 heterocycles. The number of sulfonamides is 1. The first kappa shape index (κ1) is 20.8. The summed E-state index contributed by atoms with van der Waals surface area (Å²) in [5.41, 5.74) is 1.52. The van der Waals surface area contributed by atoms with E-state index in [0.717, 1.165) is 5.56 Å². The first-order valence-corrected chi connectivity index (χ1v) is 10.3. The van der Waals surface area contributed by atoms with Crippen LogP contribution in [0.3, 0.4) is 0 Å². The van der Waals surface area contributed by atoms with Crippen LogP contribution in [0.2, 0.25) is 0 Å². The number of hydrogen-bond donors (Lipinski definition) is 3. The molecular weight excluding hydrogens is 404 g/mol. The van der Waals surface area contributed by atoms with Gasteiger partial charge in [0.15, 0.2) is 0 Å². The van der Waals surface area contributed by atoms with E-state index >= 15 is 0 Å². The van der Waals surface area contributed by atoms with Crippen molar-refractivity contribution in [2.24, 2.45) is 4.99 Å². The van der Waals surface area contributed by atoms with Gasteiger partial charge in [-0.05, 0) is 61.4 Å². The lowest BCUT2D eigenvalue weighted by molar-refractivity contribution is 0.450. The molecule has 0 atom stereocenters. The molecule has 0 aliphatic rings. The number of aryl methyl sites for hydroxylation is 1. The van der Waals surface area contributed by atoms with Gasteiger partial charge in [-0.15, -0.1) is 0 Å². The minimum atomic E-state index is -3.76. The number of aromatic nitrogens is 1. The maximum absolute atomic E-state index is 12.5. The summed E-state index contributed by atoms with van der Waals surface area (Å²) in [4.78, 5) is 18.1. The lowest BCUT2D eigenvalue weighted by Gasteiger charge is -2.09. The van der Waals surface area contributed by atoms with Gasteiger partial charge in [-0.2, -0.15) is 5.26 Å². The molecule has 0 aliphatic heterocycles. The number of nitrogens with zero attached hydrogens (tertiary/aromatic N) is 2. The average Bonchev–Trinajstić information content (AvgIpc) is 2.68. The second-order valence-electron chi connectivity index (χ2n) is 6.56. The van der Waals surface area contributed by atoms with Crippen molar-refractivity contribution in [2.45, 2.75) is 18.7 Å². The van der Waals surface area contributed by atoms with Crippen LogP contribution in [-0.2, 0) is 10.0 Å². The molecule has 0 radical (unpaired) electrons. The number of rotatable bonds is 5. The molecule has 2 aromatic carbocycles. The van der Waals surface area contributed by atoms with Crippen molar-refractivity contribution in [2.75, 3.05) is 4.72 Å². The molecule has 0 unspecified atom stereocenters. The molecule has 30 heavy (non-hydrogen) atoms. The molecule has 0 fully saturated rings. The summed E-state index contributed by atoms with van der Waals surface area (Å²) in [6, 6.07) is 14.6. The second kappa shape index (κ2) is 8.23. The van der Waals surface area contributed by atoms with Gasteiger partial charge in [0.1, 0.15) is 11.6 Å². The van der Waals surface area contributed by atoms with Gasteiger partial charge in [0, 0.05) is 11.9 Å². The third-order valence-electron chi connectivity index (χ3n) is 4.36. The van der Waals surface area contributed by atoms with Crippen LogP contribution < -0.4 is 10.3 Å². The Labute approximate surface area is 173 Å². The summed E-state index contributed by atoms with van der Waals surface area (Å²) >= 11 is 0. The summed E-state index contributed by atoms with van der Waals surface area (Å²) in [6.07, 6.45) is 1.30. The Bertz CT molecular complexity index is 1330. The van der Waals surface area contributed by atoms with Crippen LogP contribution in [0, 0.1) is 25.2 Å². The predicted molar refractivity (Wildman–Crippen MR) is 114 cm³/mol. The molecule has 3 rings (SSSR count). The van der Waals surface area contributed by atoms with E-state index in [1.807, 2.05) is 13.0 Å². The Morgan fingerprint density at radius 3 is 2.50 bits per heavy atom. The molecular formula is C21H18N4O4S. The fraction of sp³-hybridized carbons (Fsp3) is 0.0952. The molecule has 0 saturated heterocycles. The zero-order chi connectivity index (χ0) is 21.9. The first-order valence-electron chi connectivity index (χ1n) is 8.81. The van der Waals surface area contributed by atoms with Gasteiger partial charge in [0.25, 0.3) is 15.6 Å². The van der Waals surface area contributed by atoms with E-state index in [1.54, 1.807) is 24.3 Å². The lowest BCUT2D eigenvalue weighted by Crippen LogP contribution is -2.14. The SMILES string of the molecule is Cc1cccc(NS(=O)(=O)c2ccc(N=Cc3c(O)[nH]c(=O)c(C#N)c3C)cc2)c1. The van der Waals surface area contributed by atoms with Crippen LogP contribution in [0.4, 0.5) is 11.4 Å². The predicted octanol–water partition coefficient (Wildman–Crippen LogP) is 3.12. The molecule has 1 aromatic heterocycles. The summed E-state index contributed by atoms with van der Waals surface area (Å²) in [5.74, 6) is -0.401. The Morgan fingerprint density at radius 2 is 1.87 bits per heavy atom. The Morgan fingerprint density at radius 1 is 1.17 bits per heavy atom. The van der Waals surface area contributed by atoms with E-state index in [1.165, 1.54) is 37.4 Å². The lowest BCUT2D eigenvalue weighted by atomic mass is 10.1. The van der Waals surface area contributed by atoms with Gasteiger partial charge in [0.2, 0.25) is 5.88 Å². The topological polar surface area (TPSA) is 135 Å². The van der Waals surface area contributed by atoms with E-state index < -0.39 is 21.5 Å². The number of aromatic hydroxyl groups is 1. The molecule has 0 aliphatic carbocycles. The molecule has 8 nitrogen and oxygen atoms in total. The number of nitriles is 1. The molecule has 0 bridgehead atoms. The molecule has 0 amide bonds. The van der Waals surface area contributed by atoms with Gasteiger partial charge in [0.05, 0.1) is 16.1 Å². The van der Waals surface area contributed by atoms with Crippen molar-refractivity contribution in [3.05, 3.63) is 81.1 Å². The molecule has 152 valence electrons. The molecule has 0 spiro atoms. The van der Waals surface area contributed by atoms with Gasteiger partial charge in [-0.25, -0.2) is 8.42 Å². The number of aliphatic imine (C=N–C) groups is 1. The van der Waals surface area contributed by atoms with Crippen LogP contribution >= 0.6 is 0 Å². The van der Waals surface area contributed by atoms with Crippen LogP contribution in [0.1, 0.15) is 22.3 Å². The van der Waals surface area contributed by atoms with E-state index in [9.17, 15) is 18.3 Å². The number of anilines is 1. The van der Waals surface area contributed by atoms with E-state index in [4.69, 9.17) is 5.26 Å². The van der Waals surface area contributed by atoms with Gasteiger partial charge in [-0.1, -0.05) is 12.1 Å². The number of hydrogen-bond acceptors (Lipinski definition) is 6. The third-order valence-corrected chi connectivity index (χ3v) is 5.76. The Hall–Kier alpha value is -3.90. The number of H-pyrrole nitrogens is 1. The average molecular weight is 422 g/mol. The second-order valence-corrected chi connectivity index (χ2v) is 8.24. The van der Waals surface area contributed by atoms with Crippen LogP contribution in [0.15, 0.2) is 63.2 Å². The minimum Gasteiger partial charge on any atom is -0.494 e. The van der Waals surface area contributed by atoms with Crippen LogP contribution in [0.25, 0.3) is 0 Å². The van der Waals surface area contributed by atoms with Crippen molar-refractivity contribution in [1.29, 1.82) is 5.26 Å². The zero-order valence-corrected chi connectivity index (χ0v) is 17.0. The van der Waals surface area contributed by atoms with E-state index in [0.29, 0.717) is 16.9 Å². The number of pyridine rings is 1. The zero-order valence-electron chi connectivity index (χ0n) is 16.2. The van der Waals surface area contributed by atoms with Crippen molar-refractivity contribution in [3.8, 4) is 11.9 Å². The Balaban J connectivity index is 1.85. The van der Waals surface area contributed by atoms with Crippen LogP contribution in [0.5, 0.6) is 5.88 Å². The standard InChI is InChI=1S/C21H18N4O4S/c1-13-4-3-5-16(10-13)25-30(28,29)17-8-6-15(7-9-17)23-12-19-14(2)18(11-22)20(26)24-21(19)27/h3-10,12,25H,1-2H3,(H2,24,26,27). The molecule has 3 N–H and O–H groups in total. The van der Waals surface area contributed by atoms with Crippen molar-refractivity contribution in [3.63, 3.8) is 0 Å².